The Balaban J connectivity index is 1.33. The molecule has 0 radical (unpaired) electrons. The number of carbonyl (C=O) groups is 2. The van der Waals surface area contributed by atoms with Gasteiger partial charge in [-0.3, -0.25) is 9.59 Å². The minimum absolute atomic E-state index is 0.0446. The first-order chi connectivity index (χ1) is 15.8. The summed E-state index contributed by atoms with van der Waals surface area (Å²) in [5.41, 5.74) is 0.963. The molecule has 7 nitrogen and oxygen atoms in total. The van der Waals surface area contributed by atoms with Gasteiger partial charge in [-0.05, 0) is 74.6 Å². The monoisotopic (exact) mass is 474 g/mol. The molecular weight excluding hydrogens is 447 g/mol. The number of anilines is 1. The van der Waals surface area contributed by atoms with Gasteiger partial charge in [0.15, 0.2) is 0 Å². The van der Waals surface area contributed by atoms with Gasteiger partial charge in [0.05, 0.1) is 16.9 Å². The highest BCUT2D eigenvalue weighted by molar-refractivity contribution is 7.89. The van der Waals surface area contributed by atoms with E-state index in [4.69, 9.17) is 4.74 Å². The second-order valence-electron chi connectivity index (χ2n) is 8.50. The van der Waals surface area contributed by atoms with Crippen LogP contribution in [0.2, 0.25) is 0 Å². The van der Waals surface area contributed by atoms with Crippen molar-refractivity contribution < 1.29 is 27.1 Å². The Hall–Kier alpha value is -2.78. The van der Waals surface area contributed by atoms with Gasteiger partial charge in [-0.2, -0.15) is 4.31 Å². The highest BCUT2D eigenvalue weighted by Crippen LogP contribution is 2.49. The lowest BCUT2D eigenvalue weighted by Gasteiger charge is -2.30. The quantitative estimate of drug-likeness (QED) is 0.621. The van der Waals surface area contributed by atoms with Crippen molar-refractivity contribution in [3.05, 3.63) is 59.9 Å². The van der Waals surface area contributed by atoms with Gasteiger partial charge in [0.1, 0.15) is 5.82 Å². The zero-order valence-electron chi connectivity index (χ0n) is 18.4. The van der Waals surface area contributed by atoms with Crippen LogP contribution in [0.5, 0.6) is 0 Å². The van der Waals surface area contributed by atoms with Crippen molar-refractivity contribution in [1.29, 1.82) is 0 Å². The summed E-state index contributed by atoms with van der Waals surface area (Å²) in [5, 5.41) is 2.89. The third-order valence-corrected chi connectivity index (χ3v) is 8.31. The zero-order valence-corrected chi connectivity index (χ0v) is 19.2. The van der Waals surface area contributed by atoms with Gasteiger partial charge < -0.3 is 10.1 Å². The van der Waals surface area contributed by atoms with Crippen LogP contribution in [0, 0.1) is 11.7 Å². The van der Waals surface area contributed by atoms with Crippen LogP contribution in [0.3, 0.4) is 0 Å². The number of piperidine rings is 1. The Morgan fingerprint density at radius 3 is 2.21 bits per heavy atom. The van der Waals surface area contributed by atoms with Gasteiger partial charge in [-0.15, -0.1) is 0 Å². The molecule has 4 rings (SSSR count). The van der Waals surface area contributed by atoms with Crippen LogP contribution in [0.1, 0.15) is 38.2 Å². The third kappa shape index (κ3) is 4.79. The molecule has 1 heterocycles. The van der Waals surface area contributed by atoms with E-state index in [2.05, 4.69) is 5.32 Å². The lowest BCUT2D eigenvalue weighted by atomic mass is 9.95. The Bertz CT molecular complexity index is 1120. The average Bonchev–Trinajstić information content (AvgIpc) is 3.62. The molecule has 0 atom stereocenters. The van der Waals surface area contributed by atoms with Gasteiger partial charge in [0.25, 0.3) is 0 Å². The molecule has 33 heavy (non-hydrogen) atoms. The molecule has 2 aliphatic rings. The van der Waals surface area contributed by atoms with E-state index in [0.29, 0.717) is 25.1 Å². The third-order valence-electron chi connectivity index (χ3n) is 6.40. The Morgan fingerprint density at radius 1 is 1.06 bits per heavy atom. The lowest BCUT2D eigenvalue weighted by Crippen LogP contribution is -2.41. The smallest absolute Gasteiger partial charge is 0.316 e. The molecule has 1 amide bonds. The standard InChI is InChI=1S/C24H27FN2O5S/c1-2-32-23(29)24(13-14-24)18-3-7-20(8-4-18)26-22(28)17-11-15-27(16-12-17)33(30,31)21-9-5-19(25)6-10-21/h3-10,17H,2,11-16H2,1H3,(H,26,28). The second-order valence-corrected chi connectivity index (χ2v) is 10.4. The molecule has 1 saturated carbocycles. The van der Waals surface area contributed by atoms with Crippen LogP contribution in [-0.4, -0.2) is 44.3 Å². The van der Waals surface area contributed by atoms with E-state index in [1.165, 1.54) is 16.4 Å². The van der Waals surface area contributed by atoms with E-state index in [0.717, 1.165) is 30.5 Å². The molecule has 0 unspecified atom stereocenters. The van der Waals surface area contributed by atoms with Crippen LogP contribution >= 0.6 is 0 Å². The van der Waals surface area contributed by atoms with Gasteiger partial charge in [-0.1, -0.05) is 12.1 Å². The maximum Gasteiger partial charge on any atom is 0.316 e. The minimum Gasteiger partial charge on any atom is -0.465 e. The number of rotatable bonds is 7. The highest BCUT2D eigenvalue weighted by Gasteiger charge is 2.52. The molecule has 9 heteroatoms. The van der Waals surface area contributed by atoms with Crippen LogP contribution in [0.15, 0.2) is 53.4 Å². The van der Waals surface area contributed by atoms with Crippen molar-refractivity contribution in [1.82, 2.24) is 4.31 Å². The number of nitrogens with zero attached hydrogens (tertiary/aromatic N) is 1. The number of hydrogen-bond acceptors (Lipinski definition) is 5. The summed E-state index contributed by atoms with van der Waals surface area (Å²) in [7, 11) is -3.71. The SMILES string of the molecule is CCOC(=O)C1(c2ccc(NC(=O)C3CCN(S(=O)(=O)c4ccc(F)cc4)CC3)cc2)CC1. The van der Waals surface area contributed by atoms with E-state index >= 15 is 0 Å². The number of halogens is 1. The highest BCUT2D eigenvalue weighted by atomic mass is 32.2. The first-order valence-electron chi connectivity index (χ1n) is 11.1. The van der Waals surface area contributed by atoms with Gasteiger partial charge in [0, 0.05) is 24.7 Å². The van der Waals surface area contributed by atoms with Crippen molar-refractivity contribution in [2.24, 2.45) is 5.92 Å². The number of carbonyl (C=O) groups excluding carboxylic acids is 2. The van der Waals surface area contributed by atoms with Gasteiger partial charge in [0.2, 0.25) is 15.9 Å². The molecule has 1 N–H and O–H groups in total. The van der Waals surface area contributed by atoms with E-state index in [9.17, 15) is 22.4 Å². The molecule has 2 fully saturated rings. The number of ether oxygens (including phenoxy) is 1. The summed E-state index contributed by atoms with van der Waals surface area (Å²) >= 11 is 0. The molecule has 2 aromatic carbocycles. The molecule has 176 valence electrons. The summed E-state index contributed by atoms with van der Waals surface area (Å²) in [6.45, 7) is 2.58. The number of benzene rings is 2. The average molecular weight is 475 g/mol. The van der Waals surface area contributed by atoms with E-state index in [1.807, 2.05) is 12.1 Å². The van der Waals surface area contributed by atoms with Crippen LogP contribution < -0.4 is 5.32 Å². The van der Waals surface area contributed by atoms with Crippen LogP contribution in [0.25, 0.3) is 0 Å². The molecule has 1 aliphatic heterocycles. The summed E-state index contributed by atoms with van der Waals surface area (Å²) in [4.78, 5) is 25.0. The first kappa shape index (κ1) is 23.4. The van der Waals surface area contributed by atoms with E-state index < -0.39 is 21.3 Å². The Kier molecular flexibility index (Phi) is 6.54. The van der Waals surface area contributed by atoms with E-state index in [-0.39, 0.29) is 35.8 Å². The first-order valence-corrected chi connectivity index (χ1v) is 12.5. The fourth-order valence-electron chi connectivity index (χ4n) is 4.24. The number of esters is 1. The molecule has 1 aliphatic carbocycles. The molecule has 1 saturated heterocycles. The Morgan fingerprint density at radius 2 is 1.67 bits per heavy atom. The number of sulfonamides is 1. The Labute approximate surface area is 193 Å². The summed E-state index contributed by atoms with van der Waals surface area (Å²) in [6.07, 6.45) is 2.32. The summed E-state index contributed by atoms with van der Waals surface area (Å²) in [6, 6.07) is 12.0. The normalized spacial score (nSPS) is 18.5. The van der Waals surface area contributed by atoms with E-state index in [1.54, 1.807) is 19.1 Å². The van der Waals surface area contributed by atoms with Crippen molar-refractivity contribution in [2.75, 3.05) is 25.0 Å². The maximum absolute atomic E-state index is 13.1. The predicted octanol–water partition coefficient (Wildman–Crippen LogP) is 3.46. The van der Waals surface area contributed by atoms with Crippen molar-refractivity contribution in [2.45, 2.75) is 42.9 Å². The fraction of sp³-hybridized carbons (Fsp3) is 0.417. The fourth-order valence-corrected chi connectivity index (χ4v) is 5.71. The summed E-state index contributed by atoms with van der Waals surface area (Å²) < 4.78 is 45.1. The van der Waals surface area contributed by atoms with Crippen molar-refractivity contribution in [3.8, 4) is 0 Å². The maximum atomic E-state index is 13.1. The predicted molar refractivity (Wildman–Crippen MR) is 120 cm³/mol. The number of nitrogens with one attached hydrogen (secondary N) is 1. The van der Waals surface area contributed by atoms with Crippen LogP contribution in [-0.2, 0) is 29.8 Å². The number of amides is 1. The van der Waals surface area contributed by atoms with Crippen molar-refractivity contribution in [3.63, 3.8) is 0 Å². The molecule has 2 aromatic rings. The molecular formula is C24H27FN2O5S. The second kappa shape index (κ2) is 9.23. The van der Waals surface area contributed by atoms with Gasteiger partial charge in [-0.25, -0.2) is 12.8 Å². The summed E-state index contributed by atoms with van der Waals surface area (Å²) in [5.74, 6) is -1.17. The molecule has 0 aromatic heterocycles. The molecule has 0 bridgehead atoms. The van der Waals surface area contributed by atoms with Crippen molar-refractivity contribution >= 4 is 27.6 Å². The van der Waals surface area contributed by atoms with Crippen LogP contribution in [0.4, 0.5) is 10.1 Å². The number of hydrogen-bond donors (Lipinski definition) is 1. The largest absolute Gasteiger partial charge is 0.465 e. The van der Waals surface area contributed by atoms with Gasteiger partial charge >= 0.3 is 5.97 Å². The minimum atomic E-state index is -3.71. The topological polar surface area (TPSA) is 92.8 Å². The lowest BCUT2D eigenvalue weighted by molar-refractivity contribution is -0.146. The molecule has 0 spiro atoms. The zero-order chi connectivity index (χ0) is 23.6.